The molecule has 98 valence electrons. The van der Waals surface area contributed by atoms with Crippen LogP contribution in [-0.4, -0.2) is 11.8 Å². The number of thiophene rings is 1. The molecular formula is C12H8BrFN2O2S. The number of carbonyl (C=O) groups excluding carboxylic acids is 2. The highest BCUT2D eigenvalue weighted by molar-refractivity contribution is 9.10. The van der Waals surface area contributed by atoms with E-state index in [1.165, 1.54) is 24.3 Å². The molecule has 0 aliphatic carbocycles. The van der Waals surface area contributed by atoms with E-state index in [4.69, 9.17) is 5.73 Å². The first-order valence-electron chi connectivity index (χ1n) is 5.12. The molecule has 3 N–H and O–H groups in total. The summed E-state index contributed by atoms with van der Waals surface area (Å²) < 4.78 is 14.1. The average molecular weight is 343 g/mol. The zero-order valence-corrected chi connectivity index (χ0v) is 11.8. The van der Waals surface area contributed by atoms with E-state index in [9.17, 15) is 14.0 Å². The van der Waals surface area contributed by atoms with E-state index >= 15 is 0 Å². The third-order valence-corrected chi connectivity index (χ3v) is 3.65. The molecule has 0 aliphatic rings. The summed E-state index contributed by atoms with van der Waals surface area (Å²) >= 11 is 4.31. The molecule has 0 spiro atoms. The number of nitrogens with one attached hydrogen (secondary N) is 1. The lowest BCUT2D eigenvalue weighted by Gasteiger charge is -2.06. The Morgan fingerprint density at radius 1 is 1.26 bits per heavy atom. The fourth-order valence-electron chi connectivity index (χ4n) is 1.44. The van der Waals surface area contributed by atoms with Crippen molar-refractivity contribution < 1.29 is 14.0 Å². The zero-order chi connectivity index (χ0) is 14.0. The van der Waals surface area contributed by atoms with Crippen molar-refractivity contribution in [2.45, 2.75) is 0 Å². The lowest BCUT2D eigenvalue weighted by atomic mass is 10.2. The monoisotopic (exact) mass is 342 g/mol. The molecule has 1 aromatic heterocycles. The lowest BCUT2D eigenvalue weighted by Crippen LogP contribution is -2.17. The van der Waals surface area contributed by atoms with Crippen molar-refractivity contribution in [2.24, 2.45) is 5.73 Å². The molecule has 0 aliphatic heterocycles. The van der Waals surface area contributed by atoms with Gasteiger partial charge in [-0.2, -0.15) is 0 Å². The minimum absolute atomic E-state index is 0.113. The molecule has 0 unspecified atom stereocenters. The molecule has 0 atom stereocenters. The highest BCUT2D eigenvalue weighted by Gasteiger charge is 2.16. The van der Waals surface area contributed by atoms with Crippen LogP contribution in [0.5, 0.6) is 0 Å². The summed E-state index contributed by atoms with van der Waals surface area (Å²) in [6.45, 7) is 0. The Labute approximate surface area is 120 Å². The van der Waals surface area contributed by atoms with Crippen LogP contribution in [0.4, 0.5) is 9.39 Å². The van der Waals surface area contributed by atoms with Gasteiger partial charge >= 0.3 is 0 Å². The van der Waals surface area contributed by atoms with Gasteiger partial charge in [0, 0.05) is 4.47 Å². The minimum Gasteiger partial charge on any atom is -0.366 e. The summed E-state index contributed by atoms with van der Waals surface area (Å²) in [6.07, 6.45) is 0. The van der Waals surface area contributed by atoms with Gasteiger partial charge in [-0.25, -0.2) is 4.39 Å². The summed E-state index contributed by atoms with van der Waals surface area (Å²) in [5, 5.41) is 4.39. The van der Waals surface area contributed by atoms with Gasteiger partial charge < -0.3 is 11.1 Å². The van der Waals surface area contributed by atoms with Crippen molar-refractivity contribution in [3.05, 3.63) is 51.1 Å². The van der Waals surface area contributed by atoms with Crippen LogP contribution in [0.3, 0.4) is 0 Å². The van der Waals surface area contributed by atoms with Crippen molar-refractivity contribution in [1.82, 2.24) is 0 Å². The number of benzene rings is 1. The van der Waals surface area contributed by atoms with E-state index in [0.717, 1.165) is 11.3 Å². The Bertz CT molecular complexity index is 657. The summed E-state index contributed by atoms with van der Waals surface area (Å²) in [5.74, 6) is -1.92. The molecule has 2 aromatic rings. The SMILES string of the molecule is NC(=O)c1ccsc1NC(=O)c1cc(Br)ccc1F. The van der Waals surface area contributed by atoms with Crippen molar-refractivity contribution in [3.8, 4) is 0 Å². The van der Waals surface area contributed by atoms with Crippen LogP contribution in [0.25, 0.3) is 0 Å². The van der Waals surface area contributed by atoms with Gasteiger partial charge in [0.15, 0.2) is 0 Å². The number of hydrogen-bond donors (Lipinski definition) is 2. The minimum atomic E-state index is -0.647. The van der Waals surface area contributed by atoms with Crippen LogP contribution in [0, 0.1) is 5.82 Å². The molecule has 1 heterocycles. The van der Waals surface area contributed by atoms with Crippen LogP contribution in [0.1, 0.15) is 20.7 Å². The first kappa shape index (κ1) is 13.7. The highest BCUT2D eigenvalue weighted by atomic mass is 79.9. The Balaban J connectivity index is 2.28. The fourth-order valence-corrected chi connectivity index (χ4v) is 2.59. The maximum absolute atomic E-state index is 13.5. The summed E-state index contributed by atoms with van der Waals surface area (Å²) in [5.41, 5.74) is 5.25. The molecular weight excluding hydrogens is 335 g/mol. The molecule has 0 saturated carbocycles. The Kier molecular flexibility index (Phi) is 3.96. The van der Waals surface area contributed by atoms with Gasteiger partial charge in [-0.05, 0) is 29.6 Å². The number of carbonyl (C=O) groups is 2. The quantitative estimate of drug-likeness (QED) is 0.899. The standard InChI is InChI=1S/C12H8BrFN2O2S/c13-6-1-2-9(14)8(5-6)11(18)16-12-7(10(15)17)3-4-19-12/h1-5H,(H2,15,17)(H,16,18). The third kappa shape index (κ3) is 2.99. The molecule has 1 aromatic carbocycles. The van der Waals surface area contributed by atoms with Crippen LogP contribution in [0.2, 0.25) is 0 Å². The van der Waals surface area contributed by atoms with Gasteiger partial charge in [0.05, 0.1) is 11.1 Å². The van der Waals surface area contributed by atoms with Crippen LogP contribution in [-0.2, 0) is 0 Å². The highest BCUT2D eigenvalue weighted by Crippen LogP contribution is 2.24. The fraction of sp³-hybridized carbons (Fsp3) is 0. The largest absolute Gasteiger partial charge is 0.366 e. The van der Waals surface area contributed by atoms with Crippen molar-refractivity contribution in [1.29, 1.82) is 0 Å². The Morgan fingerprint density at radius 3 is 2.68 bits per heavy atom. The third-order valence-electron chi connectivity index (χ3n) is 2.33. The van der Waals surface area contributed by atoms with Gasteiger partial charge in [0.25, 0.3) is 11.8 Å². The molecule has 0 radical (unpaired) electrons. The Morgan fingerprint density at radius 2 is 2.00 bits per heavy atom. The van der Waals surface area contributed by atoms with Gasteiger partial charge in [-0.3, -0.25) is 9.59 Å². The van der Waals surface area contributed by atoms with Crippen LogP contribution >= 0.6 is 27.3 Å². The molecule has 19 heavy (non-hydrogen) atoms. The molecule has 2 amide bonds. The number of halogens is 2. The first-order chi connectivity index (χ1) is 8.99. The molecule has 0 fully saturated rings. The second kappa shape index (κ2) is 5.50. The number of rotatable bonds is 3. The Hall–Kier alpha value is -1.73. The number of anilines is 1. The van der Waals surface area contributed by atoms with Gasteiger partial charge in [0.2, 0.25) is 0 Å². The molecule has 7 heteroatoms. The van der Waals surface area contributed by atoms with Crippen LogP contribution < -0.4 is 11.1 Å². The van der Waals surface area contributed by atoms with Crippen LogP contribution in [0.15, 0.2) is 34.1 Å². The smallest absolute Gasteiger partial charge is 0.259 e. The molecule has 0 saturated heterocycles. The number of hydrogen-bond acceptors (Lipinski definition) is 3. The topological polar surface area (TPSA) is 72.2 Å². The average Bonchev–Trinajstić information content (AvgIpc) is 2.80. The van der Waals surface area contributed by atoms with Crippen molar-refractivity contribution >= 4 is 44.1 Å². The molecule has 0 bridgehead atoms. The molecule has 2 rings (SSSR count). The van der Waals surface area contributed by atoms with Crippen molar-refractivity contribution in [2.75, 3.05) is 5.32 Å². The van der Waals surface area contributed by atoms with E-state index in [1.54, 1.807) is 5.38 Å². The summed E-state index contributed by atoms with van der Waals surface area (Å²) in [7, 11) is 0. The van der Waals surface area contributed by atoms with Gasteiger partial charge in [0.1, 0.15) is 10.8 Å². The predicted molar refractivity (Wildman–Crippen MR) is 74.9 cm³/mol. The lowest BCUT2D eigenvalue weighted by molar-refractivity contribution is 0.100. The molecule has 4 nitrogen and oxygen atoms in total. The zero-order valence-electron chi connectivity index (χ0n) is 9.44. The second-order valence-electron chi connectivity index (χ2n) is 3.61. The van der Waals surface area contributed by atoms with E-state index < -0.39 is 17.6 Å². The maximum atomic E-state index is 13.5. The normalized spacial score (nSPS) is 10.2. The summed E-state index contributed by atoms with van der Waals surface area (Å²) in [6, 6.07) is 5.54. The van der Waals surface area contributed by atoms with E-state index in [1.807, 2.05) is 0 Å². The number of primary amides is 1. The second-order valence-corrected chi connectivity index (χ2v) is 5.44. The van der Waals surface area contributed by atoms with Gasteiger partial charge in [-0.1, -0.05) is 15.9 Å². The number of amides is 2. The summed E-state index contributed by atoms with van der Waals surface area (Å²) in [4.78, 5) is 23.1. The van der Waals surface area contributed by atoms with E-state index in [-0.39, 0.29) is 11.1 Å². The van der Waals surface area contributed by atoms with E-state index in [0.29, 0.717) is 9.47 Å². The predicted octanol–water partition coefficient (Wildman–Crippen LogP) is 3.00. The van der Waals surface area contributed by atoms with Gasteiger partial charge in [-0.15, -0.1) is 11.3 Å². The maximum Gasteiger partial charge on any atom is 0.259 e. The van der Waals surface area contributed by atoms with Crippen molar-refractivity contribution in [3.63, 3.8) is 0 Å². The van der Waals surface area contributed by atoms with E-state index in [2.05, 4.69) is 21.2 Å². The first-order valence-corrected chi connectivity index (χ1v) is 6.80. The number of nitrogens with two attached hydrogens (primary N) is 1.